The van der Waals surface area contributed by atoms with Crippen molar-refractivity contribution in [1.82, 2.24) is 14.7 Å². The number of hydrogen-bond acceptors (Lipinski definition) is 4. The van der Waals surface area contributed by atoms with Gasteiger partial charge < -0.3 is 9.72 Å². The standard InChI is InChI=1S/C13H18ClN3O2S/c1-13(2,20(3,18)19)9-15-6-11-8-17-7-10(14)4-5-12(17)16-11/h4-5,7-8,15H,6,9H2,1-3H3. The van der Waals surface area contributed by atoms with Gasteiger partial charge in [-0.2, -0.15) is 0 Å². The van der Waals surface area contributed by atoms with Gasteiger partial charge in [-0.3, -0.25) is 0 Å². The van der Waals surface area contributed by atoms with E-state index in [9.17, 15) is 8.42 Å². The number of fused-ring (bicyclic) bond motifs is 1. The highest BCUT2D eigenvalue weighted by Gasteiger charge is 2.29. The maximum Gasteiger partial charge on any atom is 0.153 e. The number of hydrogen-bond donors (Lipinski definition) is 1. The first-order valence-corrected chi connectivity index (χ1v) is 8.49. The summed E-state index contributed by atoms with van der Waals surface area (Å²) in [6.45, 7) is 4.30. The maximum atomic E-state index is 11.6. The van der Waals surface area contributed by atoms with Gasteiger partial charge in [-0.05, 0) is 26.0 Å². The van der Waals surface area contributed by atoms with E-state index in [4.69, 9.17) is 11.6 Å². The Morgan fingerprint density at radius 3 is 2.70 bits per heavy atom. The van der Waals surface area contributed by atoms with Crippen molar-refractivity contribution in [3.05, 3.63) is 35.2 Å². The van der Waals surface area contributed by atoms with Crippen LogP contribution < -0.4 is 5.32 Å². The molecule has 110 valence electrons. The Hall–Kier alpha value is -1.11. The lowest BCUT2D eigenvalue weighted by atomic mass is 10.2. The van der Waals surface area contributed by atoms with Crippen LogP contribution in [0.15, 0.2) is 24.5 Å². The van der Waals surface area contributed by atoms with Crippen LogP contribution in [0, 0.1) is 0 Å². The topological polar surface area (TPSA) is 63.5 Å². The number of sulfone groups is 1. The molecule has 0 radical (unpaired) electrons. The largest absolute Gasteiger partial charge is 0.310 e. The van der Waals surface area contributed by atoms with Crippen LogP contribution in [-0.4, -0.2) is 35.4 Å². The summed E-state index contributed by atoms with van der Waals surface area (Å²) in [6.07, 6.45) is 4.91. The fourth-order valence-electron chi connectivity index (χ4n) is 1.73. The van der Waals surface area contributed by atoms with E-state index in [0.717, 1.165) is 11.3 Å². The van der Waals surface area contributed by atoms with Gasteiger partial charge in [0, 0.05) is 31.7 Å². The van der Waals surface area contributed by atoms with E-state index < -0.39 is 14.6 Å². The van der Waals surface area contributed by atoms with E-state index in [1.807, 2.05) is 16.7 Å². The minimum atomic E-state index is -3.09. The molecule has 1 N–H and O–H groups in total. The summed E-state index contributed by atoms with van der Waals surface area (Å²) in [5.74, 6) is 0. The summed E-state index contributed by atoms with van der Waals surface area (Å²) in [4.78, 5) is 4.43. The average Bonchev–Trinajstić information content (AvgIpc) is 2.68. The predicted octanol–water partition coefficient (Wildman–Crippen LogP) is 1.90. The highest BCUT2D eigenvalue weighted by atomic mass is 35.5. The Morgan fingerprint density at radius 1 is 1.35 bits per heavy atom. The lowest BCUT2D eigenvalue weighted by Crippen LogP contribution is -2.41. The number of rotatable bonds is 5. The lowest BCUT2D eigenvalue weighted by molar-refractivity contribution is 0.520. The molecule has 0 fully saturated rings. The van der Waals surface area contributed by atoms with Crippen LogP contribution in [0.5, 0.6) is 0 Å². The van der Waals surface area contributed by atoms with Crippen LogP contribution in [0.25, 0.3) is 5.65 Å². The molecular weight excluding hydrogens is 298 g/mol. The molecule has 0 aromatic carbocycles. The fraction of sp³-hybridized carbons (Fsp3) is 0.462. The Labute approximate surface area is 123 Å². The third kappa shape index (κ3) is 3.31. The fourth-order valence-corrected chi connectivity index (χ4v) is 2.26. The first-order valence-electron chi connectivity index (χ1n) is 6.22. The normalized spacial score (nSPS) is 13.0. The van der Waals surface area contributed by atoms with E-state index in [1.54, 1.807) is 26.1 Å². The van der Waals surface area contributed by atoms with Crippen LogP contribution in [0.2, 0.25) is 5.02 Å². The van der Waals surface area contributed by atoms with Crippen LogP contribution >= 0.6 is 11.6 Å². The van der Waals surface area contributed by atoms with Gasteiger partial charge >= 0.3 is 0 Å². The van der Waals surface area contributed by atoms with Crippen molar-refractivity contribution in [2.75, 3.05) is 12.8 Å². The van der Waals surface area contributed by atoms with Crippen molar-refractivity contribution in [2.45, 2.75) is 25.1 Å². The number of pyridine rings is 1. The molecule has 0 amide bonds. The molecule has 5 nitrogen and oxygen atoms in total. The summed E-state index contributed by atoms with van der Waals surface area (Å²) in [5, 5.41) is 3.78. The maximum absolute atomic E-state index is 11.6. The predicted molar refractivity (Wildman–Crippen MR) is 80.8 cm³/mol. The van der Waals surface area contributed by atoms with Crippen molar-refractivity contribution in [1.29, 1.82) is 0 Å². The summed E-state index contributed by atoms with van der Waals surface area (Å²) < 4.78 is 24.3. The SMILES string of the molecule is CC(C)(CNCc1cn2cc(Cl)ccc2n1)S(C)(=O)=O. The number of imidazole rings is 1. The molecule has 2 heterocycles. The quantitative estimate of drug-likeness (QED) is 0.915. The molecule has 0 unspecified atom stereocenters. The molecule has 0 aliphatic heterocycles. The zero-order chi connectivity index (χ0) is 15.0. The molecule has 2 aromatic rings. The van der Waals surface area contributed by atoms with Gasteiger partial charge in [-0.1, -0.05) is 11.6 Å². The molecule has 7 heteroatoms. The van der Waals surface area contributed by atoms with E-state index in [-0.39, 0.29) is 0 Å². The van der Waals surface area contributed by atoms with Crippen LogP contribution in [0.3, 0.4) is 0 Å². The molecule has 20 heavy (non-hydrogen) atoms. The van der Waals surface area contributed by atoms with Crippen molar-refractivity contribution < 1.29 is 8.42 Å². The molecule has 0 spiro atoms. The molecule has 0 saturated heterocycles. The first-order chi connectivity index (χ1) is 9.19. The van der Waals surface area contributed by atoms with Crippen LogP contribution in [0.4, 0.5) is 0 Å². The van der Waals surface area contributed by atoms with Crippen molar-refractivity contribution in [2.24, 2.45) is 0 Å². The smallest absolute Gasteiger partial charge is 0.153 e. The van der Waals surface area contributed by atoms with Gasteiger partial charge in [0.25, 0.3) is 0 Å². The summed E-state index contributed by atoms with van der Waals surface area (Å²) in [6, 6.07) is 3.63. The summed E-state index contributed by atoms with van der Waals surface area (Å²) in [5.41, 5.74) is 1.66. The van der Waals surface area contributed by atoms with Crippen molar-refractivity contribution >= 4 is 27.1 Å². The zero-order valence-corrected chi connectivity index (χ0v) is 13.3. The first kappa shape index (κ1) is 15.3. The van der Waals surface area contributed by atoms with E-state index in [2.05, 4.69) is 10.3 Å². The third-order valence-electron chi connectivity index (χ3n) is 3.33. The van der Waals surface area contributed by atoms with Crippen LogP contribution in [0.1, 0.15) is 19.5 Å². The number of halogens is 1. The highest BCUT2D eigenvalue weighted by molar-refractivity contribution is 7.92. The van der Waals surface area contributed by atoms with Crippen molar-refractivity contribution in [3.63, 3.8) is 0 Å². The zero-order valence-electron chi connectivity index (χ0n) is 11.7. The molecule has 0 aliphatic carbocycles. The highest BCUT2D eigenvalue weighted by Crippen LogP contribution is 2.14. The minimum Gasteiger partial charge on any atom is -0.310 e. The van der Waals surface area contributed by atoms with E-state index in [0.29, 0.717) is 18.1 Å². The summed E-state index contributed by atoms with van der Waals surface area (Å²) >= 11 is 5.91. The average molecular weight is 316 g/mol. The monoisotopic (exact) mass is 315 g/mol. The molecule has 0 bridgehead atoms. The van der Waals surface area contributed by atoms with E-state index in [1.165, 1.54) is 6.26 Å². The molecule has 0 aliphatic rings. The van der Waals surface area contributed by atoms with Gasteiger partial charge in [-0.25, -0.2) is 13.4 Å². The summed E-state index contributed by atoms with van der Waals surface area (Å²) in [7, 11) is -3.09. The molecule has 2 rings (SSSR count). The lowest BCUT2D eigenvalue weighted by Gasteiger charge is -2.22. The van der Waals surface area contributed by atoms with Gasteiger partial charge in [-0.15, -0.1) is 0 Å². The Bertz CT molecular complexity index is 722. The number of nitrogens with one attached hydrogen (secondary N) is 1. The van der Waals surface area contributed by atoms with E-state index >= 15 is 0 Å². The van der Waals surface area contributed by atoms with Gasteiger partial charge in [0.1, 0.15) is 5.65 Å². The van der Waals surface area contributed by atoms with Gasteiger partial charge in [0.2, 0.25) is 0 Å². The second-order valence-corrected chi connectivity index (χ2v) is 8.57. The van der Waals surface area contributed by atoms with Gasteiger partial charge in [0.15, 0.2) is 9.84 Å². The van der Waals surface area contributed by atoms with Crippen molar-refractivity contribution in [3.8, 4) is 0 Å². The molecule has 0 saturated carbocycles. The Kier molecular flexibility index (Phi) is 4.09. The third-order valence-corrected chi connectivity index (χ3v) is 5.70. The number of aromatic nitrogens is 2. The second kappa shape index (κ2) is 5.35. The Morgan fingerprint density at radius 2 is 2.05 bits per heavy atom. The minimum absolute atomic E-state index is 0.375. The van der Waals surface area contributed by atoms with Gasteiger partial charge in [0.05, 0.1) is 15.5 Å². The molecule has 0 atom stereocenters. The van der Waals surface area contributed by atoms with Crippen LogP contribution in [-0.2, 0) is 16.4 Å². The molecular formula is C13H18ClN3O2S. The molecule has 2 aromatic heterocycles. The number of nitrogens with zero attached hydrogens (tertiary/aromatic N) is 2. The Balaban J connectivity index is 2.03. The second-order valence-electron chi connectivity index (χ2n) is 5.48.